The summed E-state index contributed by atoms with van der Waals surface area (Å²) in [4.78, 5) is 0. The highest BCUT2D eigenvalue weighted by Gasteiger charge is 2.34. The second-order valence-corrected chi connectivity index (χ2v) is 6.50. The van der Waals surface area contributed by atoms with E-state index >= 15 is 0 Å². The minimum atomic E-state index is -0.0299. The van der Waals surface area contributed by atoms with Gasteiger partial charge in [-0.1, -0.05) is 20.3 Å². The van der Waals surface area contributed by atoms with Gasteiger partial charge < -0.3 is 10.4 Å². The first-order valence-electron chi connectivity index (χ1n) is 6.99. The summed E-state index contributed by atoms with van der Waals surface area (Å²) in [6.45, 7) is 5.96. The Morgan fingerprint density at radius 1 is 1.06 bits per heavy atom. The summed E-state index contributed by atoms with van der Waals surface area (Å²) in [5, 5.41) is 13.2. The summed E-state index contributed by atoms with van der Waals surface area (Å²) in [5.74, 6) is 0.939. The molecule has 16 heavy (non-hydrogen) atoms. The van der Waals surface area contributed by atoms with E-state index in [1.165, 1.54) is 19.3 Å². The van der Waals surface area contributed by atoms with E-state index in [9.17, 15) is 5.11 Å². The zero-order valence-electron chi connectivity index (χ0n) is 10.8. The molecule has 0 spiro atoms. The van der Waals surface area contributed by atoms with Crippen LogP contribution < -0.4 is 5.32 Å². The number of hydrogen-bond donors (Lipinski definition) is 2. The molecule has 2 rings (SSSR count). The van der Waals surface area contributed by atoms with Gasteiger partial charge in [0.25, 0.3) is 0 Å². The van der Waals surface area contributed by atoms with Crippen LogP contribution in [0.25, 0.3) is 0 Å². The minimum absolute atomic E-state index is 0.0299. The predicted octanol–water partition coefficient (Wildman–Crippen LogP) is 2.71. The second kappa shape index (κ2) is 5.05. The minimum Gasteiger partial charge on any atom is -0.393 e. The predicted molar refractivity (Wildman–Crippen MR) is 67.4 cm³/mol. The van der Waals surface area contributed by atoms with Crippen LogP contribution in [0.1, 0.15) is 58.8 Å². The van der Waals surface area contributed by atoms with Crippen LogP contribution in [0.5, 0.6) is 0 Å². The third-order valence-electron chi connectivity index (χ3n) is 4.75. The number of hydrogen-bond acceptors (Lipinski definition) is 2. The average molecular weight is 225 g/mol. The Hall–Kier alpha value is -0.0800. The van der Waals surface area contributed by atoms with E-state index in [-0.39, 0.29) is 6.10 Å². The molecule has 0 atom stereocenters. The van der Waals surface area contributed by atoms with E-state index in [0.717, 1.165) is 38.1 Å². The Morgan fingerprint density at radius 3 is 2.19 bits per heavy atom. The normalized spacial score (nSPS) is 32.4. The van der Waals surface area contributed by atoms with E-state index in [1.54, 1.807) is 0 Å². The molecule has 0 aromatic heterocycles. The zero-order valence-corrected chi connectivity index (χ0v) is 10.8. The van der Waals surface area contributed by atoms with E-state index < -0.39 is 0 Å². The van der Waals surface area contributed by atoms with Gasteiger partial charge in [-0.3, -0.25) is 0 Å². The molecular formula is C14H27NO. The highest BCUT2D eigenvalue weighted by atomic mass is 16.3. The van der Waals surface area contributed by atoms with Crippen molar-refractivity contribution in [2.24, 2.45) is 11.3 Å². The molecule has 0 amide bonds. The van der Waals surface area contributed by atoms with Crippen LogP contribution in [0.15, 0.2) is 0 Å². The number of rotatable bonds is 4. The third-order valence-corrected chi connectivity index (χ3v) is 4.75. The summed E-state index contributed by atoms with van der Waals surface area (Å²) < 4.78 is 0. The van der Waals surface area contributed by atoms with Crippen molar-refractivity contribution in [3.63, 3.8) is 0 Å². The fourth-order valence-corrected chi connectivity index (χ4v) is 3.02. The third kappa shape index (κ3) is 2.98. The molecule has 2 aliphatic rings. The van der Waals surface area contributed by atoms with Crippen LogP contribution >= 0.6 is 0 Å². The van der Waals surface area contributed by atoms with Gasteiger partial charge in [0.05, 0.1) is 6.10 Å². The van der Waals surface area contributed by atoms with E-state index in [4.69, 9.17) is 0 Å². The van der Waals surface area contributed by atoms with Crippen molar-refractivity contribution < 1.29 is 5.11 Å². The number of nitrogens with one attached hydrogen (secondary N) is 1. The lowest BCUT2D eigenvalue weighted by Crippen LogP contribution is -2.44. The van der Waals surface area contributed by atoms with Crippen molar-refractivity contribution in [3.8, 4) is 0 Å². The van der Waals surface area contributed by atoms with Crippen molar-refractivity contribution in [1.29, 1.82) is 0 Å². The molecule has 0 bridgehead atoms. The molecule has 0 aliphatic heterocycles. The van der Waals surface area contributed by atoms with E-state index in [1.807, 2.05) is 0 Å². The van der Waals surface area contributed by atoms with Crippen LogP contribution in [0.2, 0.25) is 0 Å². The lowest BCUT2D eigenvalue weighted by atomic mass is 9.67. The second-order valence-electron chi connectivity index (χ2n) is 6.50. The lowest BCUT2D eigenvalue weighted by molar-refractivity contribution is 0.0942. The fourth-order valence-electron chi connectivity index (χ4n) is 3.02. The highest BCUT2D eigenvalue weighted by Crippen LogP contribution is 2.41. The SMILES string of the molecule is CC(C)(CNC1CCC(O)CC1)C1CCC1. The Morgan fingerprint density at radius 2 is 1.69 bits per heavy atom. The van der Waals surface area contributed by atoms with Crippen molar-refractivity contribution >= 4 is 0 Å². The Bertz CT molecular complexity index is 215. The number of aliphatic hydroxyl groups is 1. The van der Waals surface area contributed by atoms with Crippen molar-refractivity contribution in [2.75, 3.05) is 6.54 Å². The van der Waals surface area contributed by atoms with Crippen molar-refractivity contribution in [2.45, 2.75) is 70.9 Å². The van der Waals surface area contributed by atoms with Crippen LogP contribution in [-0.2, 0) is 0 Å². The maximum atomic E-state index is 9.46. The maximum absolute atomic E-state index is 9.46. The fraction of sp³-hybridized carbons (Fsp3) is 1.00. The molecule has 0 aromatic carbocycles. The van der Waals surface area contributed by atoms with Gasteiger partial charge in [0.15, 0.2) is 0 Å². The van der Waals surface area contributed by atoms with Crippen molar-refractivity contribution in [1.82, 2.24) is 5.32 Å². The molecule has 0 heterocycles. The van der Waals surface area contributed by atoms with Gasteiger partial charge >= 0.3 is 0 Å². The largest absolute Gasteiger partial charge is 0.393 e. The molecule has 0 unspecified atom stereocenters. The molecule has 2 aliphatic carbocycles. The summed E-state index contributed by atoms with van der Waals surface area (Å²) in [6, 6.07) is 0.655. The molecule has 0 aromatic rings. The standard InChI is InChI=1S/C14H27NO/c1-14(2,11-4-3-5-11)10-15-12-6-8-13(16)9-7-12/h11-13,15-16H,3-10H2,1-2H3. The summed E-state index contributed by atoms with van der Waals surface area (Å²) in [6.07, 6.45) is 8.55. The lowest BCUT2D eigenvalue weighted by Gasteiger charge is -2.42. The first-order valence-corrected chi connectivity index (χ1v) is 6.99. The van der Waals surface area contributed by atoms with E-state index in [0.29, 0.717) is 11.5 Å². The Labute approximate surface area is 99.8 Å². The zero-order chi connectivity index (χ0) is 11.6. The summed E-state index contributed by atoms with van der Waals surface area (Å²) in [5.41, 5.74) is 0.467. The molecule has 2 fully saturated rings. The first kappa shape index (κ1) is 12.4. The molecule has 0 radical (unpaired) electrons. The topological polar surface area (TPSA) is 32.3 Å². The smallest absolute Gasteiger partial charge is 0.0541 e. The average Bonchev–Trinajstić information content (AvgIpc) is 2.13. The monoisotopic (exact) mass is 225 g/mol. The Balaban J connectivity index is 1.70. The molecule has 94 valence electrons. The van der Waals surface area contributed by atoms with Gasteiger partial charge in [0.1, 0.15) is 0 Å². The van der Waals surface area contributed by atoms with Crippen LogP contribution in [0.4, 0.5) is 0 Å². The molecule has 2 nitrogen and oxygen atoms in total. The van der Waals surface area contributed by atoms with Gasteiger partial charge in [-0.15, -0.1) is 0 Å². The molecular weight excluding hydrogens is 198 g/mol. The van der Waals surface area contributed by atoms with Gasteiger partial charge in [0.2, 0.25) is 0 Å². The summed E-state index contributed by atoms with van der Waals surface area (Å²) >= 11 is 0. The quantitative estimate of drug-likeness (QED) is 0.771. The van der Waals surface area contributed by atoms with Crippen molar-refractivity contribution in [3.05, 3.63) is 0 Å². The van der Waals surface area contributed by atoms with E-state index in [2.05, 4.69) is 19.2 Å². The highest BCUT2D eigenvalue weighted by molar-refractivity contribution is 4.87. The molecule has 2 heteroatoms. The van der Waals surface area contributed by atoms with Crippen LogP contribution in [-0.4, -0.2) is 23.8 Å². The van der Waals surface area contributed by atoms with Gasteiger partial charge in [0, 0.05) is 12.6 Å². The number of aliphatic hydroxyl groups excluding tert-OH is 1. The van der Waals surface area contributed by atoms with Crippen LogP contribution in [0, 0.1) is 11.3 Å². The van der Waals surface area contributed by atoms with Gasteiger partial charge in [-0.05, 0) is 49.9 Å². The summed E-state index contributed by atoms with van der Waals surface area (Å²) in [7, 11) is 0. The molecule has 2 N–H and O–H groups in total. The van der Waals surface area contributed by atoms with Gasteiger partial charge in [-0.25, -0.2) is 0 Å². The first-order chi connectivity index (χ1) is 7.58. The Kier molecular flexibility index (Phi) is 3.91. The van der Waals surface area contributed by atoms with Gasteiger partial charge in [-0.2, -0.15) is 0 Å². The molecule has 0 saturated heterocycles. The molecule has 2 saturated carbocycles. The maximum Gasteiger partial charge on any atom is 0.0541 e. The van der Waals surface area contributed by atoms with Crippen LogP contribution in [0.3, 0.4) is 0 Å².